The molecule has 2 aliphatic rings. The minimum atomic E-state index is -0.918. The summed E-state index contributed by atoms with van der Waals surface area (Å²) in [5, 5.41) is 0. The zero-order chi connectivity index (χ0) is 16.1. The molecule has 0 amide bonds. The lowest BCUT2D eigenvalue weighted by atomic mass is 9.93. The Morgan fingerprint density at radius 1 is 0.870 bits per heavy atom. The summed E-state index contributed by atoms with van der Waals surface area (Å²) in [6.07, 6.45) is -0.356. The van der Waals surface area contributed by atoms with Gasteiger partial charge in [-0.3, -0.25) is 4.79 Å². The van der Waals surface area contributed by atoms with E-state index in [2.05, 4.69) is 4.74 Å². The van der Waals surface area contributed by atoms with E-state index in [-0.39, 0.29) is 11.1 Å². The van der Waals surface area contributed by atoms with E-state index < -0.39 is 24.0 Å². The van der Waals surface area contributed by atoms with Gasteiger partial charge >= 0.3 is 17.9 Å². The van der Waals surface area contributed by atoms with Crippen molar-refractivity contribution in [2.45, 2.75) is 6.10 Å². The molecule has 0 radical (unpaired) electrons. The number of carbonyl (C=O) groups is 4. The van der Waals surface area contributed by atoms with E-state index >= 15 is 0 Å². The summed E-state index contributed by atoms with van der Waals surface area (Å²) in [6.45, 7) is 0. The summed E-state index contributed by atoms with van der Waals surface area (Å²) in [5.74, 6) is -1.99. The highest BCUT2D eigenvalue weighted by Crippen LogP contribution is 2.37. The first kappa shape index (κ1) is 13.4. The fraction of sp³-hybridized carbons (Fsp3) is 0.0588. The van der Waals surface area contributed by atoms with Gasteiger partial charge in [-0.1, -0.05) is 24.3 Å². The third kappa shape index (κ3) is 1.81. The van der Waals surface area contributed by atoms with Crippen molar-refractivity contribution in [1.82, 2.24) is 0 Å². The fourth-order valence-corrected chi connectivity index (χ4v) is 2.87. The van der Waals surface area contributed by atoms with Gasteiger partial charge in [0.25, 0.3) is 0 Å². The van der Waals surface area contributed by atoms with Crippen molar-refractivity contribution in [2.75, 3.05) is 0 Å². The predicted octanol–water partition coefficient (Wildman–Crippen LogP) is 2.07. The van der Waals surface area contributed by atoms with Gasteiger partial charge in [0, 0.05) is 5.56 Å². The molecule has 0 N–H and O–H groups in total. The number of rotatable bonds is 2. The van der Waals surface area contributed by atoms with Crippen LogP contribution in [0.25, 0.3) is 11.1 Å². The molecule has 0 spiro atoms. The monoisotopic (exact) mass is 308 g/mol. The van der Waals surface area contributed by atoms with Gasteiger partial charge in [-0.05, 0) is 23.3 Å². The molecule has 0 fully saturated rings. The summed E-state index contributed by atoms with van der Waals surface area (Å²) in [7, 11) is 0. The van der Waals surface area contributed by atoms with E-state index in [1.165, 1.54) is 12.1 Å². The summed E-state index contributed by atoms with van der Waals surface area (Å²) in [5.41, 5.74) is 2.23. The maximum absolute atomic E-state index is 12.1. The molecule has 4 rings (SSSR count). The molecule has 2 heterocycles. The van der Waals surface area contributed by atoms with Crippen molar-refractivity contribution in [1.29, 1.82) is 0 Å². The molecule has 0 unspecified atom stereocenters. The zero-order valence-electron chi connectivity index (χ0n) is 11.6. The highest BCUT2D eigenvalue weighted by molar-refractivity contribution is 6.15. The van der Waals surface area contributed by atoms with Gasteiger partial charge in [0.05, 0.1) is 16.7 Å². The zero-order valence-corrected chi connectivity index (χ0v) is 11.6. The van der Waals surface area contributed by atoms with Gasteiger partial charge in [-0.25, -0.2) is 14.4 Å². The largest absolute Gasteiger partial charge is 0.446 e. The van der Waals surface area contributed by atoms with Crippen LogP contribution in [0.1, 0.15) is 42.7 Å². The molecular formula is C17H8O6. The average molecular weight is 308 g/mol. The van der Waals surface area contributed by atoms with Crippen LogP contribution in [0.3, 0.4) is 0 Å². The van der Waals surface area contributed by atoms with Crippen molar-refractivity contribution in [3.05, 3.63) is 58.7 Å². The number of hydrogen-bond donors (Lipinski definition) is 0. The number of fused-ring (bicyclic) bond motifs is 2. The second-order valence-corrected chi connectivity index (χ2v) is 5.17. The highest BCUT2D eigenvalue weighted by atomic mass is 16.6. The standard InChI is InChI=1S/C17H8O6/c18-7-13-11-3-1-2-9(14(11)17(21)22-13)8-4-5-10-12(6-8)16(20)23-15(10)19/h1-7,13H/t13-/m0/s1. The van der Waals surface area contributed by atoms with Gasteiger partial charge in [-0.15, -0.1) is 0 Å². The molecule has 6 nitrogen and oxygen atoms in total. The summed E-state index contributed by atoms with van der Waals surface area (Å²) < 4.78 is 9.58. The van der Waals surface area contributed by atoms with Crippen molar-refractivity contribution < 1.29 is 28.7 Å². The normalized spacial score (nSPS) is 18.3. The molecule has 2 aromatic carbocycles. The van der Waals surface area contributed by atoms with E-state index in [1.807, 2.05) is 0 Å². The molecule has 6 heteroatoms. The van der Waals surface area contributed by atoms with Crippen LogP contribution in [0.15, 0.2) is 36.4 Å². The van der Waals surface area contributed by atoms with Crippen LogP contribution < -0.4 is 0 Å². The van der Waals surface area contributed by atoms with Crippen LogP contribution in [0.2, 0.25) is 0 Å². The molecular weight excluding hydrogens is 300 g/mol. The van der Waals surface area contributed by atoms with E-state index in [0.717, 1.165) is 0 Å². The van der Waals surface area contributed by atoms with Crippen molar-refractivity contribution >= 4 is 24.2 Å². The minimum absolute atomic E-state index is 0.156. The van der Waals surface area contributed by atoms with Gasteiger partial charge in [0.15, 0.2) is 12.4 Å². The van der Waals surface area contributed by atoms with Crippen molar-refractivity contribution in [3.8, 4) is 11.1 Å². The maximum Gasteiger partial charge on any atom is 0.346 e. The number of ether oxygens (including phenoxy) is 2. The Kier molecular flexibility index (Phi) is 2.68. The Labute approximate surface area is 129 Å². The van der Waals surface area contributed by atoms with Crippen LogP contribution in [-0.2, 0) is 14.3 Å². The maximum atomic E-state index is 12.1. The molecule has 0 aliphatic carbocycles. The van der Waals surface area contributed by atoms with Gasteiger partial charge in [0.2, 0.25) is 0 Å². The lowest BCUT2D eigenvalue weighted by Gasteiger charge is -2.07. The van der Waals surface area contributed by atoms with E-state index in [1.54, 1.807) is 24.3 Å². The average Bonchev–Trinajstić information content (AvgIpc) is 3.04. The third-order valence-corrected chi connectivity index (χ3v) is 3.92. The van der Waals surface area contributed by atoms with E-state index in [4.69, 9.17) is 4.74 Å². The molecule has 112 valence electrons. The first-order valence-electron chi connectivity index (χ1n) is 6.80. The van der Waals surface area contributed by atoms with Gasteiger partial charge in [0.1, 0.15) is 0 Å². The Bertz CT molecular complexity index is 911. The Balaban J connectivity index is 1.91. The van der Waals surface area contributed by atoms with Gasteiger partial charge < -0.3 is 9.47 Å². The van der Waals surface area contributed by atoms with E-state index in [0.29, 0.717) is 28.5 Å². The molecule has 0 saturated carbocycles. The number of cyclic esters (lactones) is 3. The van der Waals surface area contributed by atoms with Crippen molar-refractivity contribution in [3.63, 3.8) is 0 Å². The lowest BCUT2D eigenvalue weighted by Crippen LogP contribution is -1.99. The number of benzene rings is 2. The van der Waals surface area contributed by atoms with Gasteiger partial charge in [-0.2, -0.15) is 0 Å². The summed E-state index contributed by atoms with van der Waals surface area (Å²) in [6, 6.07) is 9.64. The lowest BCUT2D eigenvalue weighted by molar-refractivity contribution is -0.115. The molecule has 0 saturated heterocycles. The molecule has 0 bridgehead atoms. The molecule has 1 atom stereocenters. The topological polar surface area (TPSA) is 86.7 Å². The second-order valence-electron chi connectivity index (χ2n) is 5.17. The van der Waals surface area contributed by atoms with Crippen LogP contribution in [0, 0.1) is 0 Å². The first-order chi connectivity index (χ1) is 11.1. The fourth-order valence-electron chi connectivity index (χ4n) is 2.87. The quantitative estimate of drug-likeness (QED) is 0.479. The summed E-state index contributed by atoms with van der Waals surface area (Å²) >= 11 is 0. The Morgan fingerprint density at radius 2 is 1.65 bits per heavy atom. The number of carbonyl (C=O) groups excluding carboxylic acids is 4. The smallest absolute Gasteiger partial charge is 0.346 e. The van der Waals surface area contributed by atoms with Crippen LogP contribution >= 0.6 is 0 Å². The second kappa shape index (κ2) is 4.61. The van der Waals surface area contributed by atoms with Crippen LogP contribution in [0.5, 0.6) is 0 Å². The third-order valence-electron chi connectivity index (χ3n) is 3.92. The number of aldehydes is 1. The van der Waals surface area contributed by atoms with Crippen molar-refractivity contribution in [2.24, 2.45) is 0 Å². The van der Waals surface area contributed by atoms with Crippen LogP contribution in [-0.4, -0.2) is 24.2 Å². The molecule has 2 aliphatic heterocycles. The first-order valence-corrected chi connectivity index (χ1v) is 6.80. The highest BCUT2D eigenvalue weighted by Gasteiger charge is 2.34. The SMILES string of the molecule is O=C[C@@H]1OC(=O)c2c(-c3ccc4c(c3)C(=O)OC4=O)cccc21. The number of esters is 3. The van der Waals surface area contributed by atoms with Crippen LogP contribution in [0.4, 0.5) is 0 Å². The number of hydrogen-bond acceptors (Lipinski definition) is 6. The minimum Gasteiger partial charge on any atom is -0.446 e. The Morgan fingerprint density at radius 3 is 2.43 bits per heavy atom. The Hall–Kier alpha value is -3.28. The molecule has 2 aromatic rings. The van der Waals surface area contributed by atoms with E-state index in [9.17, 15) is 19.2 Å². The molecule has 23 heavy (non-hydrogen) atoms. The predicted molar refractivity (Wildman–Crippen MR) is 75.8 cm³/mol. The molecule has 0 aromatic heterocycles. The summed E-state index contributed by atoms with van der Waals surface area (Å²) in [4.78, 5) is 46.2.